The third-order valence-electron chi connectivity index (χ3n) is 5.68. The Hall–Kier alpha value is -2.57. The lowest BCUT2D eigenvalue weighted by atomic mass is 10.1. The van der Waals surface area contributed by atoms with E-state index in [-0.39, 0.29) is 30.8 Å². The number of nitrogens with one attached hydrogen (secondary N) is 2. The minimum Gasteiger partial charge on any atom is -0.497 e. The van der Waals surface area contributed by atoms with Crippen LogP contribution in [-0.2, 0) is 14.4 Å². The highest BCUT2D eigenvalue weighted by Crippen LogP contribution is 2.30. The van der Waals surface area contributed by atoms with Crippen molar-refractivity contribution in [2.45, 2.75) is 71.1 Å². The average Bonchev–Trinajstić information content (AvgIpc) is 3.61. The fourth-order valence-electron chi connectivity index (χ4n) is 3.55. The maximum atomic E-state index is 12.7. The van der Waals surface area contributed by atoms with Crippen LogP contribution in [0.2, 0.25) is 0 Å². The lowest BCUT2D eigenvalue weighted by Gasteiger charge is -2.22. The predicted molar refractivity (Wildman–Crippen MR) is 127 cm³/mol. The third-order valence-corrected chi connectivity index (χ3v) is 5.68. The first-order valence-electron chi connectivity index (χ1n) is 12.0. The topological polar surface area (TPSA) is 87.7 Å². The number of unbranched alkanes of at least 4 members (excludes halogenated alkanes) is 6. The van der Waals surface area contributed by atoms with Crippen molar-refractivity contribution < 1.29 is 19.1 Å². The Morgan fingerprint density at radius 1 is 0.969 bits per heavy atom. The van der Waals surface area contributed by atoms with Crippen molar-refractivity contribution in [1.82, 2.24) is 10.2 Å². The number of benzene rings is 1. The Morgan fingerprint density at radius 2 is 1.62 bits per heavy atom. The fraction of sp³-hybridized carbons (Fsp3) is 0.640. The molecule has 32 heavy (non-hydrogen) atoms. The molecule has 0 radical (unpaired) electrons. The smallest absolute Gasteiger partial charge is 0.243 e. The highest BCUT2D eigenvalue weighted by Gasteiger charge is 2.27. The van der Waals surface area contributed by atoms with Gasteiger partial charge in [0.25, 0.3) is 0 Å². The summed E-state index contributed by atoms with van der Waals surface area (Å²) in [6.45, 7) is 2.73. The van der Waals surface area contributed by atoms with Crippen molar-refractivity contribution in [2.24, 2.45) is 5.92 Å². The van der Waals surface area contributed by atoms with Crippen LogP contribution in [0.25, 0.3) is 0 Å². The van der Waals surface area contributed by atoms with Gasteiger partial charge in [0.2, 0.25) is 17.7 Å². The van der Waals surface area contributed by atoms with Gasteiger partial charge in [-0.1, -0.05) is 45.4 Å². The van der Waals surface area contributed by atoms with Crippen molar-refractivity contribution in [3.8, 4) is 5.75 Å². The van der Waals surface area contributed by atoms with Gasteiger partial charge in [0.1, 0.15) is 5.75 Å². The van der Waals surface area contributed by atoms with Gasteiger partial charge in [0.15, 0.2) is 0 Å². The van der Waals surface area contributed by atoms with Crippen LogP contribution in [0, 0.1) is 5.92 Å². The Kier molecular flexibility index (Phi) is 11.6. The fourth-order valence-corrected chi connectivity index (χ4v) is 3.55. The van der Waals surface area contributed by atoms with E-state index in [0.29, 0.717) is 30.3 Å². The normalized spacial score (nSPS) is 12.8. The molecule has 0 atom stereocenters. The van der Waals surface area contributed by atoms with Crippen molar-refractivity contribution in [3.05, 3.63) is 24.3 Å². The molecule has 7 heteroatoms. The summed E-state index contributed by atoms with van der Waals surface area (Å²) < 4.78 is 5.09. The van der Waals surface area contributed by atoms with E-state index in [1.165, 1.54) is 32.1 Å². The minimum absolute atomic E-state index is 0.0155. The van der Waals surface area contributed by atoms with Crippen LogP contribution in [0.1, 0.15) is 71.1 Å². The molecule has 1 fully saturated rings. The zero-order valence-electron chi connectivity index (χ0n) is 19.7. The highest BCUT2D eigenvalue weighted by molar-refractivity contribution is 5.95. The van der Waals surface area contributed by atoms with Crippen LogP contribution in [0.3, 0.4) is 0 Å². The van der Waals surface area contributed by atoms with Gasteiger partial charge in [-0.15, -0.1) is 0 Å². The summed E-state index contributed by atoms with van der Waals surface area (Å²) in [4.78, 5) is 38.8. The number of methoxy groups -OCH3 is 1. The molecule has 1 aliphatic carbocycles. The summed E-state index contributed by atoms with van der Waals surface area (Å²) in [5.74, 6) is 0.644. The van der Waals surface area contributed by atoms with Crippen molar-refractivity contribution in [3.63, 3.8) is 0 Å². The summed E-state index contributed by atoms with van der Waals surface area (Å²) in [7, 11) is 1.58. The standard InChI is InChI=1S/C25H39N3O4/c1-3-4-5-6-7-8-9-10-25(31)28(18-20-11-12-20)19-24(30)26-17-23(29)27-21-13-15-22(32-2)16-14-21/h13-16,20H,3-12,17-19H2,1-2H3,(H,26,30)(H,27,29). The molecule has 0 aliphatic heterocycles. The van der Waals surface area contributed by atoms with Gasteiger partial charge in [0, 0.05) is 18.7 Å². The first-order chi connectivity index (χ1) is 15.5. The van der Waals surface area contributed by atoms with Crippen LogP contribution in [0.15, 0.2) is 24.3 Å². The molecule has 1 aliphatic rings. The summed E-state index contributed by atoms with van der Waals surface area (Å²) in [5, 5.41) is 5.36. The van der Waals surface area contributed by atoms with Crippen LogP contribution >= 0.6 is 0 Å². The van der Waals surface area contributed by atoms with Gasteiger partial charge in [-0.3, -0.25) is 14.4 Å². The van der Waals surface area contributed by atoms with Gasteiger partial charge in [-0.2, -0.15) is 0 Å². The lowest BCUT2D eigenvalue weighted by molar-refractivity contribution is -0.136. The van der Waals surface area contributed by atoms with E-state index in [9.17, 15) is 14.4 Å². The maximum absolute atomic E-state index is 12.7. The summed E-state index contributed by atoms with van der Waals surface area (Å²) in [6, 6.07) is 6.97. The molecule has 0 spiro atoms. The van der Waals surface area contributed by atoms with Crippen molar-refractivity contribution in [2.75, 3.05) is 32.1 Å². The van der Waals surface area contributed by atoms with E-state index in [2.05, 4.69) is 17.6 Å². The van der Waals surface area contributed by atoms with Crippen LogP contribution in [-0.4, -0.2) is 49.4 Å². The zero-order valence-corrected chi connectivity index (χ0v) is 19.7. The molecule has 0 aromatic heterocycles. The first kappa shape index (κ1) is 25.7. The maximum Gasteiger partial charge on any atom is 0.243 e. The SMILES string of the molecule is CCCCCCCCCC(=O)N(CC(=O)NCC(=O)Nc1ccc(OC)cc1)CC1CC1. The number of carbonyl (C=O) groups is 3. The molecule has 1 aromatic carbocycles. The first-order valence-corrected chi connectivity index (χ1v) is 12.0. The Morgan fingerprint density at radius 3 is 2.25 bits per heavy atom. The van der Waals surface area contributed by atoms with Gasteiger partial charge in [-0.25, -0.2) is 0 Å². The number of anilines is 1. The van der Waals surface area contributed by atoms with Gasteiger partial charge >= 0.3 is 0 Å². The predicted octanol–water partition coefficient (Wildman–Crippen LogP) is 4.13. The zero-order chi connectivity index (χ0) is 23.2. The van der Waals surface area contributed by atoms with E-state index in [1.807, 2.05) is 0 Å². The molecule has 1 saturated carbocycles. The molecule has 7 nitrogen and oxygen atoms in total. The highest BCUT2D eigenvalue weighted by atomic mass is 16.5. The van der Waals surface area contributed by atoms with Crippen LogP contribution in [0.5, 0.6) is 5.75 Å². The third kappa shape index (κ3) is 10.6. The molecule has 2 N–H and O–H groups in total. The quantitative estimate of drug-likeness (QED) is 0.375. The number of nitrogens with zero attached hydrogens (tertiary/aromatic N) is 1. The van der Waals surface area contributed by atoms with Gasteiger partial charge in [0.05, 0.1) is 20.2 Å². The summed E-state index contributed by atoms with van der Waals surface area (Å²) in [6.07, 6.45) is 10.8. The Bertz CT molecular complexity index is 716. The van der Waals surface area contributed by atoms with E-state index in [1.54, 1.807) is 36.3 Å². The monoisotopic (exact) mass is 445 g/mol. The number of carbonyl (C=O) groups excluding carboxylic acids is 3. The van der Waals surface area contributed by atoms with Crippen molar-refractivity contribution in [1.29, 1.82) is 0 Å². The number of hydrogen-bond acceptors (Lipinski definition) is 4. The molecular weight excluding hydrogens is 406 g/mol. The average molecular weight is 446 g/mol. The van der Waals surface area contributed by atoms with Crippen molar-refractivity contribution >= 4 is 23.4 Å². The molecule has 3 amide bonds. The van der Waals surface area contributed by atoms with Gasteiger partial charge < -0.3 is 20.3 Å². The molecule has 0 heterocycles. The summed E-state index contributed by atoms with van der Waals surface area (Å²) >= 11 is 0. The Balaban J connectivity index is 1.69. The van der Waals surface area contributed by atoms with Crippen LogP contribution < -0.4 is 15.4 Å². The molecule has 1 aromatic rings. The van der Waals surface area contributed by atoms with Crippen LogP contribution in [0.4, 0.5) is 5.69 Å². The molecule has 178 valence electrons. The van der Waals surface area contributed by atoms with E-state index in [4.69, 9.17) is 4.74 Å². The summed E-state index contributed by atoms with van der Waals surface area (Å²) in [5.41, 5.74) is 0.630. The molecule has 0 saturated heterocycles. The van der Waals surface area contributed by atoms with E-state index in [0.717, 1.165) is 25.7 Å². The Labute approximate surface area is 192 Å². The second kappa shape index (κ2) is 14.5. The minimum atomic E-state index is -0.313. The number of rotatable bonds is 16. The largest absolute Gasteiger partial charge is 0.497 e. The second-order valence-electron chi connectivity index (χ2n) is 8.64. The van der Waals surface area contributed by atoms with E-state index >= 15 is 0 Å². The number of amides is 3. The number of hydrogen-bond donors (Lipinski definition) is 2. The van der Waals surface area contributed by atoms with E-state index < -0.39 is 0 Å². The second-order valence-corrected chi connectivity index (χ2v) is 8.64. The van der Waals surface area contributed by atoms with Gasteiger partial charge in [-0.05, 0) is 49.4 Å². The molecule has 2 rings (SSSR count). The molecular formula is C25H39N3O4. The molecule has 0 unspecified atom stereocenters. The molecule has 0 bridgehead atoms. The lowest BCUT2D eigenvalue weighted by Crippen LogP contribution is -2.43. The number of ether oxygens (including phenoxy) is 1.